The van der Waals surface area contributed by atoms with Crippen LogP contribution in [-0.2, 0) is 5.54 Å². The van der Waals surface area contributed by atoms with Gasteiger partial charge in [-0.2, -0.15) is 0 Å². The highest BCUT2D eigenvalue weighted by atomic mass is 19.1. The number of pyridine rings is 2. The van der Waals surface area contributed by atoms with E-state index < -0.39 is 5.54 Å². The molecule has 2 aromatic carbocycles. The summed E-state index contributed by atoms with van der Waals surface area (Å²) in [5.74, 6) is -0.0605. The number of hydrogen-bond acceptors (Lipinski definition) is 4. The van der Waals surface area contributed by atoms with Crippen LogP contribution in [0.25, 0.3) is 11.1 Å². The molecule has 3 heterocycles. The molecule has 2 aromatic heterocycles. The maximum atomic E-state index is 13.4. The first kappa shape index (κ1) is 19.9. The molecule has 0 bridgehead atoms. The SMILES string of the molecule is O=C(NC1(c2ccc(-c3cccnc3)cc2)CCOc2cccnc21)c1ccc(F)cc1. The average Bonchev–Trinajstić information content (AvgIpc) is 2.85. The van der Waals surface area contributed by atoms with Gasteiger partial charge in [-0.05, 0) is 59.2 Å². The van der Waals surface area contributed by atoms with Crippen LogP contribution < -0.4 is 10.1 Å². The van der Waals surface area contributed by atoms with E-state index in [0.717, 1.165) is 16.7 Å². The standard InChI is InChI=1S/C26H20FN3O2/c27-22-11-7-19(8-12-22)25(31)30-26(13-16-32-23-4-2-15-29-24(23)26)21-9-5-18(6-10-21)20-3-1-14-28-17-20/h1-12,14-15,17H,13,16H2,(H,30,31). The van der Waals surface area contributed by atoms with Gasteiger partial charge in [-0.3, -0.25) is 14.8 Å². The molecule has 0 spiro atoms. The Labute approximate surface area is 184 Å². The van der Waals surface area contributed by atoms with Crippen molar-refractivity contribution >= 4 is 5.91 Å². The van der Waals surface area contributed by atoms with Gasteiger partial charge in [0.15, 0.2) is 0 Å². The summed E-state index contributed by atoms with van der Waals surface area (Å²) in [5.41, 5.74) is 3.07. The van der Waals surface area contributed by atoms with Gasteiger partial charge in [0.05, 0.1) is 6.61 Å². The number of carbonyl (C=O) groups excluding carboxylic acids is 1. The minimum Gasteiger partial charge on any atom is -0.491 e. The van der Waals surface area contributed by atoms with Crippen molar-refractivity contribution in [2.75, 3.05) is 6.61 Å². The molecule has 1 aliphatic rings. The Morgan fingerprint density at radius 2 is 1.72 bits per heavy atom. The molecule has 1 unspecified atom stereocenters. The quantitative estimate of drug-likeness (QED) is 0.513. The molecule has 32 heavy (non-hydrogen) atoms. The van der Waals surface area contributed by atoms with Crippen molar-refractivity contribution in [1.82, 2.24) is 15.3 Å². The van der Waals surface area contributed by atoms with Crippen LogP contribution in [0.15, 0.2) is 91.4 Å². The summed E-state index contributed by atoms with van der Waals surface area (Å²) >= 11 is 0. The minimum atomic E-state index is -0.881. The number of aromatic nitrogens is 2. The van der Waals surface area contributed by atoms with Crippen molar-refractivity contribution in [2.24, 2.45) is 0 Å². The normalized spacial score (nSPS) is 17.2. The highest BCUT2D eigenvalue weighted by Crippen LogP contribution is 2.41. The summed E-state index contributed by atoms with van der Waals surface area (Å²) < 4.78 is 19.2. The summed E-state index contributed by atoms with van der Waals surface area (Å²) in [6, 6.07) is 21.1. The number of ether oxygens (including phenoxy) is 1. The Morgan fingerprint density at radius 3 is 2.47 bits per heavy atom. The lowest BCUT2D eigenvalue weighted by Crippen LogP contribution is -2.50. The minimum absolute atomic E-state index is 0.306. The molecular formula is C26H20FN3O2. The monoisotopic (exact) mass is 425 g/mol. The molecule has 0 aliphatic carbocycles. The van der Waals surface area contributed by atoms with Gasteiger partial charge in [0, 0.05) is 30.6 Å². The molecule has 6 heteroatoms. The van der Waals surface area contributed by atoms with Crippen LogP contribution in [0.3, 0.4) is 0 Å². The number of amides is 1. The number of nitrogens with zero attached hydrogens (tertiary/aromatic N) is 2. The molecule has 0 fully saturated rings. The Hall–Kier alpha value is -4.06. The molecule has 0 radical (unpaired) electrons. The number of hydrogen-bond donors (Lipinski definition) is 1. The van der Waals surface area contributed by atoms with Crippen LogP contribution in [0.5, 0.6) is 5.75 Å². The Balaban J connectivity index is 1.58. The Bertz CT molecular complexity index is 1240. The van der Waals surface area contributed by atoms with Gasteiger partial charge >= 0.3 is 0 Å². The molecule has 1 amide bonds. The zero-order valence-corrected chi connectivity index (χ0v) is 17.2. The third kappa shape index (κ3) is 3.60. The lowest BCUT2D eigenvalue weighted by molar-refractivity contribution is 0.0883. The molecule has 1 N–H and O–H groups in total. The van der Waals surface area contributed by atoms with E-state index in [-0.39, 0.29) is 11.7 Å². The maximum absolute atomic E-state index is 13.4. The first-order valence-corrected chi connectivity index (χ1v) is 10.3. The van der Waals surface area contributed by atoms with E-state index in [1.807, 2.05) is 54.7 Å². The zero-order valence-electron chi connectivity index (χ0n) is 17.2. The van der Waals surface area contributed by atoms with Crippen molar-refractivity contribution in [3.05, 3.63) is 114 Å². The van der Waals surface area contributed by atoms with Crippen LogP contribution in [0.1, 0.15) is 28.0 Å². The second kappa shape index (κ2) is 8.23. The summed E-state index contributed by atoms with van der Waals surface area (Å²) in [5, 5.41) is 3.18. The van der Waals surface area contributed by atoms with Gasteiger partial charge in [-0.15, -0.1) is 0 Å². The predicted octanol–water partition coefficient (Wildman–Crippen LogP) is 4.74. The second-order valence-corrected chi connectivity index (χ2v) is 7.63. The van der Waals surface area contributed by atoms with Crippen molar-refractivity contribution in [1.29, 1.82) is 0 Å². The fourth-order valence-corrected chi connectivity index (χ4v) is 4.08. The first-order chi connectivity index (χ1) is 15.7. The smallest absolute Gasteiger partial charge is 0.252 e. The molecule has 158 valence electrons. The summed E-state index contributed by atoms with van der Waals surface area (Å²) in [7, 11) is 0. The van der Waals surface area contributed by atoms with Crippen molar-refractivity contribution in [3.8, 4) is 16.9 Å². The third-order valence-corrected chi connectivity index (χ3v) is 5.72. The molecule has 5 nitrogen and oxygen atoms in total. The molecule has 1 atom stereocenters. The number of nitrogens with one attached hydrogen (secondary N) is 1. The van der Waals surface area contributed by atoms with Crippen LogP contribution in [0.2, 0.25) is 0 Å². The van der Waals surface area contributed by atoms with E-state index in [4.69, 9.17) is 4.74 Å². The van der Waals surface area contributed by atoms with E-state index in [2.05, 4.69) is 15.3 Å². The third-order valence-electron chi connectivity index (χ3n) is 5.72. The number of halogens is 1. The predicted molar refractivity (Wildman–Crippen MR) is 119 cm³/mol. The highest BCUT2D eigenvalue weighted by Gasteiger charge is 2.42. The van der Waals surface area contributed by atoms with E-state index in [0.29, 0.717) is 30.0 Å². The fourth-order valence-electron chi connectivity index (χ4n) is 4.08. The topological polar surface area (TPSA) is 64.1 Å². The fraction of sp³-hybridized carbons (Fsp3) is 0.115. The van der Waals surface area contributed by atoms with E-state index in [1.165, 1.54) is 24.3 Å². The van der Waals surface area contributed by atoms with Gasteiger partial charge in [0.1, 0.15) is 22.8 Å². The number of rotatable bonds is 4. The Kier molecular flexibility index (Phi) is 5.11. The van der Waals surface area contributed by atoms with Gasteiger partial charge < -0.3 is 10.1 Å². The molecule has 0 saturated heterocycles. The van der Waals surface area contributed by atoms with Gasteiger partial charge in [0.25, 0.3) is 5.91 Å². The summed E-state index contributed by atoms with van der Waals surface area (Å²) in [4.78, 5) is 22.0. The largest absolute Gasteiger partial charge is 0.491 e. The second-order valence-electron chi connectivity index (χ2n) is 7.63. The summed E-state index contributed by atoms with van der Waals surface area (Å²) in [6.45, 7) is 0.423. The van der Waals surface area contributed by atoms with E-state index in [9.17, 15) is 9.18 Å². The number of carbonyl (C=O) groups is 1. The number of benzene rings is 2. The molecular weight excluding hydrogens is 405 g/mol. The van der Waals surface area contributed by atoms with Crippen LogP contribution in [0.4, 0.5) is 4.39 Å². The van der Waals surface area contributed by atoms with Crippen LogP contribution in [0, 0.1) is 5.82 Å². The first-order valence-electron chi connectivity index (χ1n) is 10.3. The Morgan fingerprint density at radius 1 is 0.938 bits per heavy atom. The van der Waals surface area contributed by atoms with Crippen molar-refractivity contribution < 1.29 is 13.9 Å². The van der Waals surface area contributed by atoms with Crippen molar-refractivity contribution in [3.63, 3.8) is 0 Å². The lowest BCUT2D eigenvalue weighted by Gasteiger charge is -2.39. The van der Waals surface area contributed by atoms with Gasteiger partial charge in [-0.1, -0.05) is 30.3 Å². The summed E-state index contributed by atoms with van der Waals surface area (Å²) in [6.07, 6.45) is 5.75. The molecule has 5 rings (SSSR count). The van der Waals surface area contributed by atoms with Gasteiger partial charge in [0.2, 0.25) is 0 Å². The average molecular weight is 425 g/mol. The van der Waals surface area contributed by atoms with Gasteiger partial charge in [-0.25, -0.2) is 4.39 Å². The number of fused-ring (bicyclic) bond motifs is 1. The molecule has 1 aliphatic heterocycles. The van der Waals surface area contributed by atoms with Crippen molar-refractivity contribution in [2.45, 2.75) is 12.0 Å². The van der Waals surface area contributed by atoms with E-state index in [1.54, 1.807) is 12.4 Å². The highest BCUT2D eigenvalue weighted by molar-refractivity contribution is 5.95. The zero-order chi connectivity index (χ0) is 22.0. The van der Waals surface area contributed by atoms with Crippen LogP contribution in [-0.4, -0.2) is 22.5 Å². The maximum Gasteiger partial charge on any atom is 0.252 e. The molecule has 4 aromatic rings. The van der Waals surface area contributed by atoms with E-state index >= 15 is 0 Å². The van der Waals surface area contributed by atoms with Crippen LogP contribution >= 0.6 is 0 Å². The lowest BCUT2D eigenvalue weighted by atomic mass is 9.80. The molecule has 0 saturated carbocycles.